The van der Waals surface area contributed by atoms with Crippen LogP contribution >= 0.6 is 0 Å². The number of rotatable bonds is 4. The van der Waals surface area contributed by atoms with E-state index in [4.69, 9.17) is 0 Å². The van der Waals surface area contributed by atoms with Crippen molar-refractivity contribution < 1.29 is 36.1 Å². The second-order valence-electron chi connectivity index (χ2n) is 3.91. The summed E-state index contributed by atoms with van der Waals surface area (Å²) < 4.78 is 8.86. The molecule has 5 heteroatoms. The minimum absolute atomic E-state index is 0. The normalized spacial score (nSPS) is 9.36. The van der Waals surface area contributed by atoms with Crippen LogP contribution in [0, 0.1) is 0 Å². The van der Waals surface area contributed by atoms with Gasteiger partial charge in [-0.2, -0.15) is 18.2 Å². The van der Waals surface area contributed by atoms with E-state index in [2.05, 4.69) is 16.1 Å². The van der Waals surface area contributed by atoms with Crippen molar-refractivity contribution in [3.8, 4) is 0 Å². The number of ether oxygens (including phenoxy) is 2. The fourth-order valence-electron chi connectivity index (χ4n) is 0.999. The smallest absolute Gasteiger partial charge is 0.336 e. The third-order valence-electron chi connectivity index (χ3n) is 1.98. The molecule has 0 amide bonds. The van der Waals surface area contributed by atoms with Crippen LogP contribution in [-0.2, 0) is 36.1 Å². The third-order valence-corrected chi connectivity index (χ3v) is 1.98. The molecule has 2 rings (SSSR count). The van der Waals surface area contributed by atoms with Crippen LogP contribution in [0.25, 0.3) is 0 Å². The molecule has 0 radical (unpaired) electrons. The van der Waals surface area contributed by atoms with Gasteiger partial charge in [0, 0.05) is 29.6 Å². The van der Waals surface area contributed by atoms with Crippen LogP contribution < -0.4 is 0 Å². The Labute approximate surface area is 141 Å². The van der Waals surface area contributed by atoms with E-state index in [1.54, 1.807) is 0 Å². The van der Waals surface area contributed by atoms with Crippen LogP contribution in [0.2, 0.25) is 0 Å². The Bertz CT molecular complexity index is 414. The van der Waals surface area contributed by atoms with Crippen molar-refractivity contribution in [1.29, 1.82) is 0 Å². The Hall–Kier alpha value is -2.10. The molecule has 0 spiro atoms. The van der Waals surface area contributed by atoms with Crippen LogP contribution in [0.1, 0.15) is 13.8 Å². The first kappa shape index (κ1) is 22.2. The number of carbonyl (C=O) groups is 2. The van der Waals surface area contributed by atoms with Gasteiger partial charge in [0.15, 0.2) is 0 Å². The molecule has 0 N–H and O–H groups in total. The van der Waals surface area contributed by atoms with E-state index in [1.807, 2.05) is 60.7 Å². The van der Waals surface area contributed by atoms with Crippen molar-refractivity contribution in [2.24, 2.45) is 0 Å². The van der Waals surface area contributed by atoms with Gasteiger partial charge in [-0.1, -0.05) is 6.58 Å². The Kier molecular flexibility index (Phi) is 15.4. The van der Waals surface area contributed by atoms with Gasteiger partial charge in [-0.3, -0.25) is 4.79 Å². The summed E-state index contributed by atoms with van der Waals surface area (Å²) in [7, 11) is 0. The predicted molar refractivity (Wildman–Crippen MR) is 81.6 cm³/mol. The number of hydrogen-bond donors (Lipinski definition) is 0. The van der Waals surface area contributed by atoms with Crippen LogP contribution in [-0.4, -0.2) is 18.7 Å². The molecular formula is C17H20FeO4-6. The van der Waals surface area contributed by atoms with Crippen molar-refractivity contribution in [1.82, 2.24) is 0 Å². The summed E-state index contributed by atoms with van der Waals surface area (Å²) in [6.45, 7) is 6.52. The maximum atomic E-state index is 10.7. The zero-order chi connectivity index (χ0) is 15.9. The fraction of sp³-hybridized carbons (Fsp3) is 0.176. The summed E-state index contributed by atoms with van der Waals surface area (Å²) in [4.78, 5) is 20.4. The average molecular weight is 344 g/mol. The molecule has 1 atom stereocenters. The topological polar surface area (TPSA) is 52.6 Å². The van der Waals surface area contributed by atoms with E-state index < -0.39 is 12.3 Å². The summed E-state index contributed by atoms with van der Waals surface area (Å²) in [6.07, 6.45) is -0.850. The molecule has 2 aromatic carbocycles. The number of esters is 1. The molecule has 0 aliphatic rings. The quantitative estimate of drug-likeness (QED) is 0.213. The molecule has 0 heterocycles. The fourth-order valence-corrected chi connectivity index (χ4v) is 0.999. The molecule has 126 valence electrons. The minimum Gasteiger partial charge on any atom is -0.748 e. The Morgan fingerprint density at radius 2 is 1.59 bits per heavy atom. The first-order valence-corrected chi connectivity index (χ1v) is 6.37. The molecule has 0 aliphatic heterocycles. The Morgan fingerprint density at radius 3 is 1.86 bits per heavy atom. The van der Waals surface area contributed by atoms with Crippen LogP contribution in [0.3, 0.4) is 0 Å². The van der Waals surface area contributed by atoms with E-state index in [1.165, 1.54) is 13.8 Å². The van der Waals surface area contributed by atoms with Gasteiger partial charge in [-0.25, -0.2) is 16.9 Å². The van der Waals surface area contributed by atoms with Crippen molar-refractivity contribution in [2.45, 2.75) is 20.1 Å². The standard InChI is InChI=1S/C7H10O4.2C5H5.Fe/c1-5(2)7(9)11-6(3)10-4-8;2*1-2-4-5-3-1;/h4,6H,1H2,2-3H3;2*1-5H;/q;-5;-1;. The summed E-state index contributed by atoms with van der Waals surface area (Å²) in [6, 6.07) is 20.0. The van der Waals surface area contributed by atoms with Gasteiger partial charge in [0.2, 0.25) is 6.29 Å². The SMILES string of the molecule is C=C(C)C(=O)OC(C)OC=O.[Fe].[cH-]1[cH-][cH-][cH-][cH-]1.c1cc[cH-]c1. The largest absolute Gasteiger partial charge is 0.748 e. The van der Waals surface area contributed by atoms with Crippen molar-refractivity contribution in [2.75, 3.05) is 0 Å². The second-order valence-corrected chi connectivity index (χ2v) is 3.91. The Balaban J connectivity index is 0. The molecule has 1 unspecified atom stereocenters. The van der Waals surface area contributed by atoms with E-state index in [0.717, 1.165) is 0 Å². The first-order chi connectivity index (χ1) is 10.1. The number of hydrogen-bond acceptors (Lipinski definition) is 4. The van der Waals surface area contributed by atoms with Crippen molar-refractivity contribution >= 4 is 12.4 Å². The van der Waals surface area contributed by atoms with Gasteiger partial charge >= 0.3 is 5.97 Å². The van der Waals surface area contributed by atoms with Gasteiger partial charge < -0.3 is 39.8 Å². The molecule has 0 saturated carbocycles. The summed E-state index contributed by atoms with van der Waals surface area (Å²) in [5.41, 5.74) is 0.270. The van der Waals surface area contributed by atoms with Gasteiger partial charge in [0.05, 0.1) is 0 Å². The van der Waals surface area contributed by atoms with Gasteiger partial charge in [0.1, 0.15) is 0 Å². The van der Waals surface area contributed by atoms with E-state index in [0.29, 0.717) is 0 Å². The first-order valence-electron chi connectivity index (χ1n) is 6.37. The average Bonchev–Trinajstić information content (AvgIpc) is 3.17. The number of carbonyl (C=O) groups excluding carboxylic acids is 2. The molecule has 0 bridgehead atoms. The molecule has 2 aromatic rings. The van der Waals surface area contributed by atoms with Gasteiger partial charge in [-0.15, -0.1) is 0 Å². The maximum Gasteiger partial charge on any atom is 0.336 e. The van der Waals surface area contributed by atoms with Crippen LogP contribution in [0.15, 0.2) is 72.8 Å². The summed E-state index contributed by atoms with van der Waals surface area (Å²) >= 11 is 0. The second kappa shape index (κ2) is 15.3. The molecule has 0 saturated heterocycles. The molecule has 0 aliphatic carbocycles. The molecule has 4 nitrogen and oxygen atoms in total. The van der Waals surface area contributed by atoms with E-state index >= 15 is 0 Å². The van der Waals surface area contributed by atoms with Crippen LogP contribution in [0.4, 0.5) is 0 Å². The van der Waals surface area contributed by atoms with E-state index in [9.17, 15) is 9.59 Å². The van der Waals surface area contributed by atoms with Gasteiger partial charge in [-0.05, 0) is 6.92 Å². The maximum absolute atomic E-state index is 10.7. The van der Waals surface area contributed by atoms with Crippen molar-refractivity contribution in [3.05, 3.63) is 72.8 Å². The predicted octanol–water partition coefficient (Wildman–Crippen LogP) is 3.43. The summed E-state index contributed by atoms with van der Waals surface area (Å²) in [5, 5.41) is 0. The van der Waals surface area contributed by atoms with E-state index in [-0.39, 0.29) is 29.1 Å². The monoisotopic (exact) mass is 344 g/mol. The summed E-state index contributed by atoms with van der Waals surface area (Å²) in [5.74, 6) is -0.570. The zero-order valence-corrected chi connectivity index (χ0v) is 13.7. The van der Waals surface area contributed by atoms with Crippen molar-refractivity contribution in [3.63, 3.8) is 0 Å². The molecular weight excluding hydrogens is 324 g/mol. The zero-order valence-electron chi connectivity index (χ0n) is 12.6. The molecule has 0 aromatic heterocycles. The van der Waals surface area contributed by atoms with Crippen LogP contribution in [0.5, 0.6) is 0 Å². The van der Waals surface area contributed by atoms with Gasteiger partial charge in [0.25, 0.3) is 6.47 Å². The third kappa shape index (κ3) is 14.3. The minimum atomic E-state index is -0.850. The molecule has 22 heavy (non-hydrogen) atoms. The Morgan fingerprint density at radius 1 is 1.14 bits per heavy atom. The molecule has 0 fully saturated rings.